The fourth-order valence-electron chi connectivity index (χ4n) is 2.99. The van der Waals surface area contributed by atoms with Crippen LogP contribution in [0.4, 0.5) is 11.4 Å². The van der Waals surface area contributed by atoms with Gasteiger partial charge in [0.15, 0.2) is 0 Å². The highest BCUT2D eigenvalue weighted by molar-refractivity contribution is 5.94. The van der Waals surface area contributed by atoms with Crippen molar-refractivity contribution in [3.05, 3.63) is 89.7 Å². The van der Waals surface area contributed by atoms with Crippen molar-refractivity contribution in [2.24, 2.45) is 0 Å². The van der Waals surface area contributed by atoms with Gasteiger partial charge in [-0.15, -0.1) is 0 Å². The molecule has 0 spiro atoms. The lowest BCUT2D eigenvalue weighted by atomic mass is 9.87. The molecule has 2 aromatic carbocycles. The summed E-state index contributed by atoms with van der Waals surface area (Å²) in [4.78, 5) is 18.7. The highest BCUT2D eigenvalue weighted by atomic mass is 16.2. The van der Waals surface area contributed by atoms with E-state index in [0.29, 0.717) is 12.1 Å². The number of nitrogens with zero attached hydrogens (tertiary/aromatic N) is 2. The Morgan fingerprint density at radius 2 is 1.64 bits per heavy atom. The van der Waals surface area contributed by atoms with Crippen LogP contribution in [0.2, 0.25) is 0 Å². The number of amides is 1. The van der Waals surface area contributed by atoms with Gasteiger partial charge in [0.1, 0.15) is 0 Å². The SMILES string of the molecule is CN(Cc1ccccc1)C(=O)c1cncc(Nc2ccc(C(C)(C)C)cc2)c1. The molecule has 0 fully saturated rings. The van der Waals surface area contributed by atoms with Crippen LogP contribution < -0.4 is 5.32 Å². The lowest BCUT2D eigenvalue weighted by Gasteiger charge is -2.19. The second-order valence-corrected chi connectivity index (χ2v) is 8.06. The van der Waals surface area contributed by atoms with Gasteiger partial charge in [0, 0.05) is 25.5 Å². The largest absolute Gasteiger partial charge is 0.354 e. The van der Waals surface area contributed by atoms with Crippen LogP contribution in [0, 0.1) is 0 Å². The third-order valence-electron chi connectivity index (χ3n) is 4.63. The van der Waals surface area contributed by atoms with Crippen LogP contribution in [-0.4, -0.2) is 22.8 Å². The van der Waals surface area contributed by atoms with E-state index in [9.17, 15) is 4.79 Å². The Morgan fingerprint density at radius 1 is 0.964 bits per heavy atom. The monoisotopic (exact) mass is 373 g/mol. The van der Waals surface area contributed by atoms with Crippen molar-refractivity contribution in [2.75, 3.05) is 12.4 Å². The van der Waals surface area contributed by atoms with Crippen molar-refractivity contribution in [3.63, 3.8) is 0 Å². The highest BCUT2D eigenvalue weighted by Crippen LogP contribution is 2.25. The van der Waals surface area contributed by atoms with Gasteiger partial charge >= 0.3 is 0 Å². The molecular weight excluding hydrogens is 346 g/mol. The van der Waals surface area contributed by atoms with Crippen LogP contribution in [0.15, 0.2) is 73.1 Å². The minimum Gasteiger partial charge on any atom is -0.354 e. The van der Waals surface area contributed by atoms with E-state index < -0.39 is 0 Å². The van der Waals surface area contributed by atoms with Gasteiger partial charge in [-0.1, -0.05) is 63.2 Å². The average Bonchev–Trinajstić information content (AvgIpc) is 2.68. The van der Waals surface area contributed by atoms with E-state index in [1.54, 1.807) is 24.3 Å². The van der Waals surface area contributed by atoms with Gasteiger partial charge in [-0.2, -0.15) is 0 Å². The first-order chi connectivity index (χ1) is 13.3. The second-order valence-electron chi connectivity index (χ2n) is 8.06. The highest BCUT2D eigenvalue weighted by Gasteiger charge is 2.14. The lowest BCUT2D eigenvalue weighted by molar-refractivity contribution is 0.0784. The van der Waals surface area contributed by atoms with Crippen LogP contribution in [0.1, 0.15) is 42.3 Å². The molecule has 3 rings (SSSR count). The van der Waals surface area contributed by atoms with Crippen molar-refractivity contribution in [1.82, 2.24) is 9.88 Å². The summed E-state index contributed by atoms with van der Waals surface area (Å²) in [5.74, 6) is -0.0527. The normalized spacial score (nSPS) is 11.1. The Hall–Kier alpha value is -3.14. The first-order valence-corrected chi connectivity index (χ1v) is 9.45. The molecule has 1 heterocycles. The van der Waals surface area contributed by atoms with E-state index in [2.05, 4.69) is 55.3 Å². The summed E-state index contributed by atoms with van der Waals surface area (Å²) in [7, 11) is 1.81. The Kier molecular flexibility index (Phi) is 5.78. The van der Waals surface area contributed by atoms with E-state index in [1.807, 2.05) is 36.4 Å². The van der Waals surface area contributed by atoms with E-state index in [4.69, 9.17) is 0 Å². The summed E-state index contributed by atoms with van der Waals surface area (Å²) in [5.41, 5.74) is 4.83. The lowest BCUT2D eigenvalue weighted by Crippen LogP contribution is -2.26. The van der Waals surface area contributed by atoms with Crippen LogP contribution in [0.5, 0.6) is 0 Å². The molecule has 28 heavy (non-hydrogen) atoms. The quantitative estimate of drug-likeness (QED) is 0.652. The average molecular weight is 374 g/mol. The Balaban J connectivity index is 1.70. The molecule has 0 aliphatic heterocycles. The zero-order chi connectivity index (χ0) is 20.1. The van der Waals surface area contributed by atoms with Crippen molar-refractivity contribution in [1.29, 1.82) is 0 Å². The maximum atomic E-state index is 12.8. The molecule has 1 N–H and O–H groups in total. The molecule has 1 aromatic heterocycles. The number of pyridine rings is 1. The molecule has 0 aliphatic carbocycles. The number of carbonyl (C=O) groups is 1. The summed E-state index contributed by atoms with van der Waals surface area (Å²) in [6.07, 6.45) is 3.34. The third-order valence-corrected chi connectivity index (χ3v) is 4.63. The van der Waals surface area contributed by atoms with Gasteiger partial charge in [-0.25, -0.2) is 0 Å². The summed E-state index contributed by atoms with van der Waals surface area (Å²) in [6, 6.07) is 20.1. The molecule has 4 heteroatoms. The van der Waals surface area contributed by atoms with E-state index in [-0.39, 0.29) is 11.3 Å². The van der Waals surface area contributed by atoms with Crippen molar-refractivity contribution in [3.8, 4) is 0 Å². The summed E-state index contributed by atoms with van der Waals surface area (Å²) in [5, 5.41) is 3.33. The van der Waals surface area contributed by atoms with Gasteiger partial charge in [-0.05, 0) is 34.7 Å². The minimum absolute atomic E-state index is 0.0527. The molecule has 0 atom stereocenters. The number of hydrogen-bond donors (Lipinski definition) is 1. The predicted molar refractivity (Wildman–Crippen MR) is 115 cm³/mol. The van der Waals surface area contributed by atoms with Crippen molar-refractivity contribution < 1.29 is 4.79 Å². The molecule has 0 aliphatic rings. The number of benzene rings is 2. The first kappa shape index (κ1) is 19.6. The number of aromatic nitrogens is 1. The van der Waals surface area contributed by atoms with Crippen molar-refractivity contribution >= 4 is 17.3 Å². The molecule has 0 unspecified atom stereocenters. The molecule has 144 valence electrons. The minimum atomic E-state index is -0.0527. The van der Waals surface area contributed by atoms with Crippen LogP contribution >= 0.6 is 0 Å². The maximum Gasteiger partial charge on any atom is 0.255 e. The Bertz CT molecular complexity index is 928. The molecule has 1 amide bonds. The van der Waals surface area contributed by atoms with E-state index >= 15 is 0 Å². The van der Waals surface area contributed by atoms with Gasteiger partial charge in [0.05, 0.1) is 17.4 Å². The van der Waals surface area contributed by atoms with E-state index in [0.717, 1.165) is 16.9 Å². The van der Waals surface area contributed by atoms with E-state index in [1.165, 1.54) is 5.56 Å². The zero-order valence-electron chi connectivity index (χ0n) is 16.9. The number of carbonyl (C=O) groups excluding carboxylic acids is 1. The molecule has 4 nitrogen and oxygen atoms in total. The first-order valence-electron chi connectivity index (χ1n) is 9.45. The van der Waals surface area contributed by atoms with Gasteiger partial charge in [0.2, 0.25) is 0 Å². The van der Waals surface area contributed by atoms with Crippen LogP contribution in [0.3, 0.4) is 0 Å². The predicted octanol–water partition coefficient (Wildman–Crippen LogP) is 5.39. The molecule has 0 saturated carbocycles. The summed E-state index contributed by atoms with van der Waals surface area (Å²) >= 11 is 0. The number of nitrogens with one attached hydrogen (secondary N) is 1. The Labute approximate surface area is 167 Å². The molecule has 0 radical (unpaired) electrons. The summed E-state index contributed by atoms with van der Waals surface area (Å²) < 4.78 is 0. The number of rotatable bonds is 5. The number of anilines is 2. The van der Waals surface area contributed by atoms with Crippen molar-refractivity contribution in [2.45, 2.75) is 32.7 Å². The third kappa shape index (κ3) is 4.97. The Morgan fingerprint density at radius 3 is 2.29 bits per heavy atom. The maximum absolute atomic E-state index is 12.8. The molecular formula is C24H27N3O. The molecule has 0 saturated heterocycles. The van der Waals surface area contributed by atoms with Gasteiger partial charge in [-0.3, -0.25) is 9.78 Å². The second kappa shape index (κ2) is 8.26. The standard InChI is InChI=1S/C24H27N3O/c1-24(2,3)20-10-12-21(13-11-20)26-22-14-19(15-25-16-22)23(28)27(4)17-18-8-6-5-7-9-18/h5-16,26H,17H2,1-4H3. The topological polar surface area (TPSA) is 45.2 Å². The fraction of sp³-hybridized carbons (Fsp3) is 0.250. The van der Waals surface area contributed by atoms with Crippen LogP contribution in [-0.2, 0) is 12.0 Å². The smallest absolute Gasteiger partial charge is 0.255 e. The molecule has 0 bridgehead atoms. The number of hydrogen-bond acceptors (Lipinski definition) is 3. The van der Waals surface area contributed by atoms with Crippen LogP contribution in [0.25, 0.3) is 0 Å². The van der Waals surface area contributed by atoms with Gasteiger partial charge in [0.25, 0.3) is 5.91 Å². The molecule has 3 aromatic rings. The zero-order valence-corrected chi connectivity index (χ0v) is 16.9. The summed E-state index contributed by atoms with van der Waals surface area (Å²) in [6.45, 7) is 7.15. The van der Waals surface area contributed by atoms with Gasteiger partial charge < -0.3 is 10.2 Å². The fourth-order valence-corrected chi connectivity index (χ4v) is 2.99.